The van der Waals surface area contributed by atoms with Crippen LogP contribution in [0.3, 0.4) is 0 Å². The third kappa shape index (κ3) is 6.15. The smallest absolute Gasteiger partial charge is 0.242 e. The van der Waals surface area contributed by atoms with Crippen molar-refractivity contribution < 1.29 is 18.0 Å². The van der Waals surface area contributed by atoms with Crippen molar-refractivity contribution >= 4 is 33.2 Å². The van der Waals surface area contributed by atoms with Crippen LogP contribution in [0.5, 0.6) is 0 Å². The number of nitrogens with one attached hydrogen (secondary N) is 3. The molecule has 1 heterocycles. The second kappa shape index (κ2) is 10.4. The molecular formula is C27H29N3O4S. The van der Waals surface area contributed by atoms with Crippen LogP contribution < -0.4 is 15.4 Å². The van der Waals surface area contributed by atoms with Gasteiger partial charge in [0.2, 0.25) is 21.8 Å². The maximum atomic E-state index is 13.3. The fourth-order valence-corrected chi connectivity index (χ4v) is 5.25. The second-order valence-electron chi connectivity index (χ2n) is 9.00. The Kier molecular flexibility index (Phi) is 7.33. The number of aryl methyl sites for hydroxylation is 1. The Morgan fingerprint density at radius 3 is 2.37 bits per heavy atom. The SMILES string of the molecule is CC(C)c1ccc(NC(=O)[C@@H](Cc2ccccc2)NS(=O)(=O)c2ccc3c(c2)CCC(=O)N3)cc1. The molecule has 1 aliphatic heterocycles. The highest BCUT2D eigenvalue weighted by Crippen LogP contribution is 2.26. The molecule has 4 rings (SSSR count). The van der Waals surface area contributed by atoms with Crippen molar-refractivity contribution in [1.82, 2.24) is 4.72 Å². The molecule has 1 aliphatic rings. The zero-order chi connectivity index (χ0) is 25.0. The van der Waals surface area contributed by atoms with E-state index in [1.807, 2.05) is 54.6 Å². The molecule has 0 bridgehead atoms. The molecule has 0 spiro atoms. The maximum absolute atomic E-state index is 13.3. The van der Waals surface area contributed by atoms with Gasteiger partial charge in [0.1, 0.15) is 6.04 Å². The van der Waals surface area contributed by atoms with Gasteiger partial charge in [-0.2, -0.15) is 4.72 Å². The Morgan fingerprint density at radius 2 is 1.69 bits per heavy atom. The summed E-state index contributed by atoms with van der Waals surface area (Å²) >= 11 is 0. The summed E-state index contributed by atoms with van der Waals surface area (Å²) in [5.74, 6) is -0.172. The minimum atomic E-state index is -4.01. The van der Waals surface area contributed by atoms with Gasteiger partial charge in [-0.3, -0.25) is 9.59 Å². The molecule has 7 nitrogen and oxygen atoms in total. The Labute approximate surface area is 206 Å². The molecule has 0 aromatic heterocycles. The molecule has 3 N–H and O–H groups in total. The highest BCUT2D eigenvalue weighted by atomic mass is 32.2. The Bertz CT molecular complexity index is 1320. The number of carbonyl (C=O) groups is 2. The minimum Gasteiger partial charge on any atom is -0.326 e. The molecular weight excluding hydrogens is 462 g/mol. The number of fused-ring (bicyclic) bond motifs is 1. The molecule has 0 aliphatic carbocycles. The van der Waals surface area contributed by atoms with E-state index in [0.29, 0.717) is 30.1 Å². The number of rotatable bonds is 8. The first-order valence-electron chi connectivity index (χ1n) is 11.6. The predicted octanol–water partition coefficient (Wildman–Crippen LogP) is 4.22. The van der Waals surface area contributed by atoms with Crippen LogP contribution in [-0.2, 0) is 32.5 Å². The summed E-state index contributed by atoms with van der Waals surface area (Å²) in [5.41, 5.74) is 3.94. The van der Waals surface area contributed by atoms with Gasteiger partial charge in [0.15, 0.2) is 0 Å². The lowest BCUT2D eigenvalue weighted by atomic mass is 10.0. The van der Waals surface area contributed by atoms with Crippen LogP contribution in [0.1, 0.15) is 42.9 Å². The molecule has 8 heteroatoms. The van der Waals surface area contributed by atoms with Crippen LogP contribution in [-0.4, -0.2) is 26.3 Å². The van der Waals surface area contributed by atoms with E-state index in [1.54, 1.807) is 12.1 Å². The summed E-state index contributed by atoms with van der Waals surface area (Å²) in [6.07, 6.45) is 0.959. The van der Waals surface area contributed by atoms with E-state index in [9.17, 15) is 18.0 Å². The van der Waals surface area contributed by atoms with Gasteiger partial charge in [0.05, 0.1) is 4.90 Å². The first kappa shape index (κ1) is 24.6. The van der Waals surface area contributed by atoms with Gasteiger partial charge in [-0.15, -0.1) is 0 Å². The number of hydrogen-bond acceptors (Lipinski definition) is 4. The molecule has 2 amide bonds. The standard InChI is InChI=1S/C27H29N3O4S/c1-18(2)20-8-11-22(12-9-20)28-27(32)25(16-19-6-4-3-5-7-19)30-35(33,34)23-13-14-24-21(17-23)10-15-26(31)29-24/h3-9,11-14,17-18,25,30H,10,15-16H2,1-2H3,(H,28,32)(H,29,31)/t25-/m1/s1. The molecule has 0 unspecified atom stereocenters. The van der Waals surface area contributed by atoms with Gasteiger partial charge in [0, 0.05) is 17.8 Å². The van der Waals surface area contributed by atoms with Crippen LogP contribution in [0, 0.1) is 0 Å². The van der Waals surface area contributed by atoms with Crippen molar-refractivity contribution in [1.29, 1.82) is 0 Å². The van der Waals surface area contributed by atoms with Crippen LogP contribution in [0.4, 0.5) is 11.4 Å². The highest BCUT2D eigenvalue weighted by molar-refractivity contribution is 7.89. The number of sulfonamides is 1. The minimum absolute atomic E-state index is 0.0551. The lowest BCUT2D eigenvalue weighted by Gasteiger charge is -2.21. The van der Waals surface area contributed by atoms with Gasteiger partial charge in [-0.25, -0.2) is 8.42 Å². The lowest BCUT2D eigenvalue weighted by molar-refractivity contribution is -0.118. The van der Waals surface area contributed by atoms with E-state index in [2.05, 4.69) is 29.2 Å². The van der Waals surface area contributed by atoms with E-state index in [1.165, 1.54) is 6.07 Å². The van der Waals surface area contributed by atoms with Crippen LogP contribution in [0.15, 0.2) is 77.7 Å². The van der Waals surface area contributed by atoms with Crippen molar-refractivity contribution in [3.63, 3.8) is 0 Å². The van der Waals surface area contributed by atoms with Crippen LogP contribution in [0.25, 0.3) is 0 Å². The van der Waals surface area contributed by atoms with Crippen molar-refractivity contribution in [2.45, 2.75) is 50.0 Å². The summed E-state index contributed by atoms with van der Waals surface area (Å²) in [6, 6.07) is 20.4. The third-order valence-corrected chi connectivity index (χ3v) is 7.49. The van der Waals surface area contributed by atoms with Crippen molar-refractivity contribution in [3.8, 4) is 0 Å². The van der Waals surface area contributed by atoms with Gasteiger partial charge < -0.3 is 10.6 Å². The molecule has 0 fully saturated rings. The quantitative estimate of drug-likeness (QED) is 0.439. The number of amides is 2. The summed E-state index contributed by atoms with van der Waals surface area (Å²) in [6.45, 7) is 4.18. The molecule has 3 aromatic rings. The largest absolute Gasteiger partial charge is 0.326 e. The highest BCUT2D eigenvalue weighted by Gasteiger charge is 2.27. The monoisotopic (exact) mass is 491 g/mol. The molecule has 0 radical (unpaired) electrons. The summed E-state index contributed by atoms with van der Waals surface area (Å²) in [4.78, 5) is 24.9. The van der Waals surface area contributed by atoms with Crippen LogP contribution in [0.2, 0.25) is 0 Å². The lowest BCUT2D eigenvalue weighted by Crippen LogP contribution is -2.45. The molecule has 35 heavy (non-hydrogen) atoms. The van der Waals surface area contributed by atoms with Gasteiger partial charge in [0.25, 0.3) is 0 Å². The summed E-state index contributed by atoms with van der Waals surface area (Å²) in [7, 11) is -4.01. The molecule has 1 atom stereocenters. The van der Waals surface area contributed by atoms with E-state index in [0.717, 1.165) is 16.7 Å². The topological polar surface area (TPSA) is 104 Å². The fraction of sp³-hybridized carbons (Fsp3) is 0.259. The van der Waals surface area contributed by atoms with Crippen molar-refractivity contribution in [3.05, 3.63) is 89.5 Å². The first-order chi connectivity index (χ1) is 16.7. The van der Waals surface area contributed by atoms with Gasteiger partial charge in [-0.1, -0.05) is 56.3 Å². The molecule has 0 saturated carbocycles. The molecule has 0 saturated heterocycles. The normalized spacial score (nSPS) is 14.2. The Morgan fingerprint density at radius 1 is 0.971 bits per heavy atom. The van der Waals surface area contributed by atoms with Gasteiger partial charge >= 0.3 is 0 Å². The van der Waals surface area contributed by atoms with E-state index < -0.39 is 22.0 Å². The second-order valence-corrected chi connectivity index (χ2v) is 10.7. The maximum Gasteiger partial charge on any atom is 0.242 e. The van der Waals surface area contributed by atoms with E-state index in [-0.39, 0.29) is 17.2 Å². The fourth-order valence-electron chi connectivity index (χ4n) is 4.00. The zero-order valence-corrected chi connectivity index (χ0v) is 20.6. The van der Waals surface area contributed by atoms with Crippen molar-refractivity contribution in [2.24, 2.45) is 0 Å². The molecule has 3 aromatic carbocycles. The summed E-state index contributed by atoms with van der Waals surface area (Å²) in [5, 5.41) is 5.59. The number of hydrogen-bond donors (Lipinski definition) is 3. The van der Waals surface area contributed by atoms with Crippen molar-refractivity contribution in [2.75, 3.05) is 10.6 Å². The number of benzene rings is 3. The zero-order valence-electron chi connectivity index (χ0n) is 19.7. The van der Waals surface area contributed by atoms with Crippen LogP contribution >= 0.6 is 0 Å². The Balaban J connectivity index is 1.57. The third-order valence-electron chi connectivity index (χ3n) is 6.02. The number of carbonyl (C=O) groups excluding carboxylic acids is 2. The Hall–Kier alpha value is -3.49. The first-order valence-corrected chi connectivity index (χ1v) is 13.1. The van der Waals surface area contributed by atoms with Gasteiger partial charge in [-0.05, 0) is 65.8 Å². The predicted molar refractivity (Wildman–Crippen MR) is 137 cm³/mol. The van der Waals surface area contributed by atoms with E-state index >= 15 is 0 Å². The average Bonchev–Trinajstić information content (AvgIpc) is 2.84. The summed E-state index contributed by atoms with van der Waals surface area (Å²) < 4.78 is 29.2. The number of anilines is 2. The average molecular weight is 492 g/mol. The van der Waals surface area contributed by atoms with E-state index in [4.69, 9.17) is 0 Å². The molecule has 182 valence electrons.